The van der Waals surface area contributed by atoms with Gasteiger partial charge in [-0.25, -0.2) is 0 Å². The second kappa shape index (κ2) is 14.4. The van der Waals surface area contributed by atoms with Gasteiger partial charge in [-0.1, -0.05) is 0 Å². The molecule has 0 spiro atoms. The molecule has 1 aliphatic heterocycles. The molecule has 1 amide bonds. The van der Waals surface area contributed by atoms with Crippen LogP contribution < -0.4 is 25.1 Å². The van der Waals surface area contributed by atoms with Crippen molar-refractivity contribution in [3.63, 3.8) is 0 Å². The van der Waals surface area contributed by atoms with Crippen molar-refractivity contribution in [2.75, 3.05) is 37.5 Å². The van der Waals surface area contributed by atoms with Crippen LogP contribution in [-0.2, 0) is 4.74 Å². The average Bonchev–Trinajstić information content (AvgIpc) is 3.30. The number of hydrogen-bond donors (Lipinski definition) is 3. The van der Waals surface area contributed by atoms with E-state index in [9.17, 15) is 18.0 Å². The van der Waals surface area contributed by atoms with E-state index in [-0.39, 0.29) is 28.6 Å². The Kier molecular flexibility index (Phi) is 10.9. The van der Waals surface area contributed by atoms with Crippen LogP contribution in [0.2, 0.25) is 0 Å². The molecule has 3 heterocycles. The summed E-state index contributed by atoms with van der Waals surface area (Å²) in [4.78, 5) is 12.8. The molecule has 0 bridgehead atoms. The van der Waals surface area contributed by atoms with E-state index in [1.807, 2.05) is 13.0 Å². The van der Waals surface area contributed by atoms with Crippen LogP contribution in [0.15, 0.2) is 36.4 Å². The number of unbranched alkanes of at least 4 members (excludes halogenated alkanes) is 2. The third-order valence-electron chi connectivity index (χ3n) is 7.12. The van der Waals surface area contributed by atoms with E-state index in [0.717, 1.165) is 32.1 Å². The van der Waals surface area contributed by atoms with Crippen LogP contribution >= 0.6 is 0 Å². The van der Waals surface area contributed by atoms with Crippen molar-refractivity contribution in [2.45, 2.75) is 69.5 Å². The molecule has 4 rings (SSSR count). The van der Waals surface area contributed by atoms with Crippen molar-refractivity contribution >= 4 is 42.3 Å². The van der Waals surface area contributed by atoms with Crippen LogP contribution in [0.5, 0.6) is 5.75 Å². The topological polar surface area (TPSA) is 88.9 Å². The van der Waals surface area contributed by atoms with Crippen LogP contribution in [0.1, 0.15) is 68.9 Å². The fraction of sp³-hybridized carbons (Fsp3) is 0.484. The first-order valence-electron chi connectivity index (χ1n) is 14.4. The molecular weight excluding hydrogens is 626 g/mol. The Bertz CT molecular complexity index is 1480. The number of halogens is 3. The van der Waals surface area contributed by atoms with E-state index < -0.39 is 25.6 Å². The number of ether oxygens (including phenoxy) is 2. The molecule has 3 N–H and O–H groups in total. The monoisotopic (exact) mass is 665 g/mol. The van der Waals surface area contributed by atoms with Gasteiger partial charge in [-0.2, -0.15) is 0 Å². The number of amides is 1. The Morgan fingerprint density at radius 3 is 2.67 bits per heavy atom. The van der Waals surface area contributed by atoms with Crippen LogP contribution in [0.3, 0.4) is 0 Å². The number of nitrogens with one attached hydrogen (secondary N) is 3. The maximum absolute atomic E-state index is 13.7. The van der Waals surface area contributed by atoms with E-state index >= 15 is 0 Å². The van der Waals surface area contributed by atoms with Crippen LogP contribution in [0.25, 0.3) is 5.52 Å². The molecular formula is C31H38F3N5O3Se. The van der Waals surface area contributed by atoms with Crippen LogP contribution in [0, 0.1) is 11.8 Å². The molecule has 2 aromatic heterocycles. The third kappa shape index (κ3) is 8.59. The Labute approximate surface area is 256 Å². The Balaban J connectivity index is 1.56. The van der Waals surface area contributed by atoms with Gasteiger partial charge in [0, 0.05) is 0 Å². The van der Waals surface area contributed by atoms with Crippen molar-refractivity contribution in [3.05, 3.63) is 47.7 Å². The van der Waals surface area contributed by atoms with Crippen LogP contribution in [0.4, 0.5) is 24.7 Å². The average molecular weight is 665 g/mol. The molecule has 0 saturated carbocycles. The van der Waals surface area contributed by atoms with Crippen molar-refractivity contribution in [1.82, 2.24) is 14.9 Å². The standard InChI is InChI=1S/C31H38F3N5O3Se/c1-5-7-8-11-22(6-2)36-27-14-9-13-25-28(43-31(32,33)34)23(38-39(25)27)12-10-17-35-24-18-21(15-16-26(24)41-4)29(40)37-30(3)19-42-20-30/h9,13-16,18,22,35-36H,5-8,11,17,19-20H2,1-4H3,(H,37,40). The predicted molar refractivity (Wildman–Crippen MR) is 164 cm³/mol. The predicted octanol–water partition coefficient (Wildman–Crippen LogP) is 4.95. The van der Waals surface area contributed by atoms with Gasteiger partial charge in [0.05, 0.1) is 13.2 Å². The summed E-state index contributed by atoms with van der Waals surface area (Å²) in [6.07, 6.45) is 5.19. The molecule has 1 aromatic carbocycles. The first-order valence-corrected chi connectivity index (χ1v) is 16.1. The summed E-state index contributed by atoms with van der Waals surface area (Å²) in [5, 5.41) is 9.73. The van der Waals surface area contributed by atoms with Gasteiger partial charge in [-0.3, -0.25) is 0 Å². The fourth-order valence-electron chi connectivity index (χ4n) is 4.76. The third-order valence-corrected chi connectivity index (χ3v) is 8.88. The van der Waals surface area contributed by atoms with Gasteiger partial charge in [0.1, 0.15) is 0 Å². The van der Waals surface area contributed by atoms with E-state index in [1.165, 1.54) is 7.11 Å². The number of pyridine rings is 1. The zero-order chi connectivity index (χ0) is 31.0. The zero-order valence-electron chi connectivity index (χ0n) is 24.9. The number of rotatable bonds is 13. The Morgan fingerprint density at radius 1 is 1.23 bits per heavy atom. The number of alkyl halides is 3. The number of carbonyl (C=O) groups is 1. The minimum atomic E-state index is -4.36. The molecule has 43 heavy (non-hydrogen) atoms. The van der Waals surface area contributed by atoms with Gasteiger partial charge >= 0.3 is 232 Å². The van der Waals surface area contributed by atoms with E-state index in [0.29, 0.717) is 41.5 Å². The molecule has 1 saturated heterocycles. The number of carbonyl (C=O) groups excluding carboxylic acids is 1. The second-order valence-corrected chi connectivity index (χ2v) is 13.0. The van der Waals surface area contributed by atoms with Gasteiger partial charge in [0.25, 0.3) is 0 Å². The summed E-state index contributed by atoms with van der Waals surface area (Å²) in [7, 11) is 1.51. The van der Waals surface area contributed by atoms with Crippen molar-refractivity contribution in [2.24, 2.45) is 0 Å². The van der Waals surface area contributed by atoms with Crippen molar-refractivity contribution < 1.29 is 27.4 Å². The van der Waals surface area contributed by atoms with Gasteiger partial charge in [-0.05, 0) is 6.92 Å². The van der Waals surface area contributed by atoms with E-state index in [2.05, 4.69) is 46.7 Å². The minimum absolute atomic E-state index is 0.0970. The number of methoxy groups -OCH3 is 1. The first-order chi connectivity index (χ1) is 20.6. The van der Waals surface area contributed by atoms with Gasteiger partial charge in [0.2, 0.25) is 0 Å². The molecule has 232 valence electrons. The first kappa shape index (κ1) is 32.5. The van der Waals surface area contributed by atoms with Gasteiger partial charge < -0.3 is 4.74 Å². The normalized spacial score (nSPS) is 14.8. The molecule has 1 atom stereocenters. The molecule has 8 nitrogen and oxygen atoms in total. The summed E-state index contributed by atoms with van der Waals surface area (Å²) in [6.45, 7) is 7.16. The molecule has 0 aliphatic carbocycles. The molecule has 1 aliphatic rings. The number of anilines is 2. The Hall–Kier alpha value is -3.39. The fourth-order valence-corrected chi connectivity index (χ4v) is 6.19. The Morgan fingerprint density at radius 2 is 2.02 bits per heavy atom. The van der Waals surface area contributed by atoms with Crippen LogP contribution in [-0.4, -0.2) is 74.0 Å². The summed E-state index contributed by atoms with van der Waals surface area (Å²) in [6, 6.07) is 10.4. The summed E-state index contributed by atoms with van der Waals surface area (Å²) in [5.74, 6) is 6.68. The maximum atomic E-state index is 13.7. The van der Waals surface area contributed by atoms with Crippen molar-refractivity contribution in [1.29, 1.82) is 0 Å². The molecule has 3 aromatic rings. The quantitative estimate of drug-likeness (QED) is 0.136. The molecule has 1 unspecified atom stereocenters. The SMILES string of the molecule is CCCCCC(CC)Nc1cccc2c([Se]C(F)(F)F)c(C#CCNc3cc(C(=O)NC4(C)COC4)ccc3OC)nn12. The molecule has 0 radical (unpaired) electrons. The summed E-state index contributed by atoms with van der Waals surface area (Å²) in [5.41, 5.74) is 1.06. The number of hydrogen-bond acceptors (Lipinski definition) is 6. The molecule has 1 fully saturated rings. The summed E-state index contributed by atoms with van der Waals surface area (Å²) < 4.78 is 53.2. The summed E-state index contributed by atoms with van der Waals surface area (Å²) >= 11 is -1.83. The van der Waals surface area contributed by atoms with Gasteiger partial charge in [0.15, 0.2) is 0 Å². The zero-order valence-corrected chi connectivity index (χ0v) is 26.6. The number of benzene rings is 1. The second-order valence-electron chi connectivity index (χ2n) is 10.8. The van der Waals surface area contributed by atoms with E-state index in [4.69, 9.17) is 9.47 Å². The number of nitrogens with zero attached hydrogens (tertiary/aromatic N) is 2. The van der Waals surface area contributed by atoms with E-state index in [1.54, 1.807) is 34.8 Å². The molecule has 12 heteroatoms. The van der Waals surface area contributed by atoms with Crippen molar-refractivity contribution in [3.8, 4) is 17.6 Å². The number of aromatic nitrogens is 2. The number of fused-ring (bicyclic) bond motifs is 1. The van der Waals surface area contributed by atoms with Gasteiger partial charge in [-0.15, -0.1) is 0 Å².